The molecule has 1 aromatic heterocycles. The van der Waals surface area contributed by atoms with Crippen LogP contribution in [0.2, 0.25) is 0 Å². The van der Waals surface area contributed by atoms with E-state index in [1.165, 1.54) is 0 Å². The Labute approximate surface area is 89.1 Å². The van der Waals surface area contributed by atoms with E-state index in [1.54, 1.807) is 19.3 Å². The van der Waals surface area contributed by atoms with E-state index in [-0.39, 0.29) is 11.9 Å². The first-order chi connectivity index (χ1) is 7.08. The van der Waals surface area contributed by atoms with Crippen LogP contribution in [0.25, 0.3) is 0 Å². The van der Waals surface area contributed by atoms with Gasteiger partial charge in [-0.25, -0.2) is 0 Å². The number of aromatic nitrogens is 2. The summed E-state index contributed by atoms with van der Waals surface area (Å²) in [6.07, 6.45) is 3.66. The van der Waals surface area contributed by atoms with Crippen molar-refractivity contribution in [2.45, 2.75) is 32.9 Å². The van der Waals surface area contributed by atoms with Crippen LogP contribution >= 0.6 is 0 Å². The summed E-state index contributed by atoms with van der Waals surface area (Å²) in [5, 5.41) is 2.73. The van der Waals surface area contributed by atoms with E-state index in [0.29, 0.717) is 13.0 Å². The Hall–Kier alpha value is -1.49. The highest BCUT2D eigenvalue weighted by atomic mass is 16.1. The Morgan fingerprint density at radius 3 is 2.80 bits per heavy atom. The number of rotatable bonds is 4. The Balaban J connectivity index is 2.37. The van der Waals surface area contributed by atoms with E-state index in [1.807, 2.05) is 6.92 Å². The summed E-state index contributed by atoms with van der Waals surface area (Å²) in [4.78, 5) is 19.5. The topological polar surface area (TPSA) is 80.9 Å². The Kier molecular flexibility index (Phi) is 4.17. The molecule has 0 aliphatic heterocycles. The number of hydrogen-bond donors (Lipinski definition) is 2. The molecule has 0 saturated carbocycles. The lowest BCUT2D eigenvalue weighted by Gasteiger charge is -2.06. The van der Waals surface area contributed by atoms with Crippen LogP contribution in [0.15, 0.2) is 12.4 Å². The third kappa shape index (κ3) is 4.51. The van der Waals surface area contributed by atoms with Crippen LogP contribution < -0.4 is 11.1 Å². The molecule has 1 heterocycles. The Morgan fingerprint density at radius 2 is 2.27 bits per heavy atom. The molecule has 0 bridgehead atoms. The van der Waals surface area contributed by atoms with Crippen molar-refractivity contribution in [3.63, 3.8) is 0 Å². The molecular formula is C10H16N4O. The van der Waals surface area contributed by atoms with Gasteiger partial charge in [0, 0.05) is 18.7 Å². The Bertz CT molecular complexity index is 321. The van der Waals surface area contributed by atoms with Crippen LogP contribution in [0, 0.1) is 6.92 Å². The van der Waals surface area contributed by atoms with E-state index in [2.05, 4.69) is 15.3 Å². The van der Waals surface area contributed by atoms with Gasteiger partial charge in [0.25, 0.3) is 0 Å². The largest absolute Gasteiger partial charge is 0.350 e. The van der Waals surface area contributed by atoms with Crippen LogP contribution in [0.1, 0.15) is 24.7 Å². The fourth-order valence-electron chi connectivity index (χ4n) is 1.06. The molecule has 0 spiro atoms. The van der Waals surface area contributed by atoms with Crippen molar-refractivity contribution in [1.29, 1.82) is 0 Å². The van der Waals surface area contributed by atoms with Crippen LogP contribution in [-0.4, -0.2) is 21.9 Å². The van der Waals surface area contributed by atoms with Crippen molar-refractivity contribution >= 4 is 5.91 Å². The van der Waals surface area contributed by atoms with Gasteiger partial charge in [-0.2, -0.15) is 0 Å². The van der Waals surface area contributed by atoms with Gasteiger partial charge in [0.1, 0.15) is 0 Å². The van der Waals surface area contributed by atoms with Crippen LogP contribution in [-0.2, 0) is 11.3 Å². The first kappa shape index (κ1) is 11.6. The number of aryl methyl sites for hydroxylation is 1. The molecule has 1 atom stereocenters. The number of nitrogens with one attached hydrogen (secondary N) is 1. The van der Waals surface area contributed by atoms with Gasteiger partial charge in [0.2, 0.25) is 5.91 Å². The van der Waals surface area contributed by atoms with Crippen molar-refractivity contribution in [3.8, 4) is 0 Å². The molecule has 0 aliphatic rings. The van der Waals surface area contributed by atoms with Gasteiger partial charge in [0.05, 0.1) is 24.1 Å². The molecule has 5 nitrogen and oxygen atoms in total. The zero-order chi connectivity index (χ0) is 11.3. The fraction of sp³-hybridized carbons (Fsp3) is 0.500. The molecule has 82 valence electrons. The molecule has 0 aromatic carbocycles. The van der Waals surface area contributed by atoms with Gasteiger partial charge in [0.15, 0.2) is 0 Å². The lowest BCUT2D eigenvalue weighted by Crippen LogP contribution is -2.29. The SMILES string of the molecule is Cc1cnc(CNC(=O)CC(C)N)cn1. The number of nitrogens with two attached hydrogens (primary N) is 1. The lowest BCUT2D eigenvalue weighted by atomic mass is 10.2. The van der Waals surface area contributed by atoms with Gasteiger partial charge >= 0.3 is 0 Å². The quantitative estimate of drug-likeness (QED) is 0.737. The molecule has 15 heavy (non-hydrogen) atoms. The molecule has 3 N–H and O–H groups in total. The maximum atomic E-state index is 11.3. The van der Waals surface area contributed by atoms with E-state index in [4.69, 9.17) is 5.73 Å². The summed E-state index contributed by atoms with van der Waals surface area (Å²) in [6.45, 7) is 4.07. The average Bonchev–Trinajstić information content (AvgIpc) is 2.16. The zero-order valence-corrected chi connectivity index (χ0v) is 9.03. The second-order valence-corrected chi connectivity index (χ2v) is 3.61. The number of amides is 1. The predicted octanol–water partition coefficient (Wildman–Crippen LogP) is 0.139. The molecule has 0 fully saturated rings. The maximum Gasteiger partial charge on any atom is 0.221 e. The van der Waals surface area contributed by atoms with Gasteiger partial charge in [-0.1, -0.05) is 0 Å². The third-order valence-electron chi connectivity index (χ3n) is 1.81. The van der Waals surface area contributed by atoms with Crippen molar-refractivity contribution in [2.24, 2.45) is 5.73 Å². The monoisotopic (exact) mass is 208 g/mol. The summed E-state index contributed by atoms with van der Waals surface area (Å²) in [5.41, 5.74) is 7.10. The van der Waals surface area contributed by atoms with Gasteiger partial charge < -0.3 is 11.1 Å². The zero-order valence-electron chi connectivity index (χ0n) is 9.03. The minimum Gasteiger partial charge on any atom is -0.350 e. The molecule has 1 aromatic rings. The number of carbonyl (C=O) groups excluding carboxylic acids is 1. The van der Waals surface area contributed by atoms with Gasteiger partial charge in [-0.05, 0) is 13.8 Å². The van der Waals surface area contributed by atoms with E-state index in [0.717, 1.165) is 11.4 Å². The normalized spacial score (nSPS) is 12.2. The summed E-state index contributed by atoms with van der Waals surface area (Å²) < 4.78 is 0. The van der Waals surface area contributed by atoms with Crippen LogP contribution in [0.3, 0.4) is 0 Å². The molecule has 1 unspecified atom stereocenters. The highest BCUT2D eigenvalue weighted by molar-refractivity contribution is 5.76. The molecular weight excluding hydrogens is 192 g/mol. The highest BCUT2D eigenvalue weighted by Gasteiger charge is 2.04. The molecule has 1 rings (SSSR count). The predicted molar refractivity (Wildman–Crippen MR) is 56.9 cm³/mol. The second kappa shape index (κ2) is 5.41. The minimum absolute atomic E-state index is 0.0626. The van der Waals surface area contributed by atoms with Gasteiger partial charge in [-0.3, -0.25) is 14.8 Å². The van der Waals surface area contributed by atoms with Gasteiger partial charge in [-0.15, -0.1) is 0 Å². The highest BCUT2D eigenvalue weighted by Crippen LogP contribution is 1.94. The van der Waals surface area contributed by atoms with Crippen molar-refractivity contribution in [2.75, 3.05) is 0 Å². The molecule has 0 aliphatic carbocycles. The Morgan fingerprint density at radius 1 is 1.53 bits per heavy atom. The number of carbonyl (C=O) groups is 1. The molecule has 1 amide bonds. The van der Waals surface area contributed by atoms with E-state index < -0.39 is 0 Å². The number of nitrogens with zero attached hydrogens (tertiary/aromatic N) is 2. The minimum atomic E-state index is -0.117. The number of hydrogen-bond acceptors (Lipinski definition) is 4. The summed E-state index contributed by atoms with van der Waals surface area (Å²) in [7, 11) is 0. The van der Waals surface area contributed by atoms with Crippen LogP contribution in [0.5, 0.6) is 0 Å². The smallest absolute Gasteiger partial charge is 0.221 e. The maximum absolute atomic E-state index is 11.3. The first-order valence-corrected chi connectivity index (χ1v) is 4.87. The average molecular weight is 208 g/mol. The fourth-order valence-corrected chi connectivity index (χ4v) is 1.06. The molecule has 0 saturated heterocycles. The molecule has 5 heteroatoms. The van der Waals surface area contributed by atoms with Crippen molar-refractivity contribution in [1.82, 2.24) is 15.3 Å². The summed E-state index contributed by atoms with van der Waals surface area (Å²) in [5.74, 6) is -0.0626. The molecule has 0 radical (unpaired) electrons. The third-order valence-corrected chi connectivity index (χ3v) is 1.81. The lowest BCUT2D eigenvalue weighted by molar-refractivity contribution is -0.121. The summed E-state index contributed by atoms with van der Waals surface area (Å²) >= 11 is 0. The van der Waals surface area contributed by atoms with Crippen molar-refractivity contribution < 1.29 is 4.79 Å². The van der Waals surface area contributed by atoms with Crippen LogP contribution in [0.4, 0.5) is 0 Å². The van der Waals surface area contributed by atoms with E-state index >= 15 is 0 Å². The second-order valence-electron chi connectivity index (χ2n) is 3.61. The first-order valence-electron chi connectivity index (χ1n) is 4.87. The summed E-state index contributed by atoms with van der Waals surface area (Å²) in [6, 6.07) is -0.117. The standard InChI is InChI=1S/C10H16N4O/c1-7(11)3-10(15)14-6-9-5-12-8(2)4-13-9/h4-5,7H,3,6,11H2,1-2H3,(H,14,15). The van der Waals surface area contributed by atoms with E-state index in [9.17, 15) is 4.79 Å². The van der Waals surface area contributed by atoms with Crippen molar-refractivity contribution in [3.05, 3.63) is 23.8 Å².